The van der Waals surface area contributed by atoms with Crippen LogP contribution in [0.2, 0.25) is 0 Å². The molecule has 1 aromatic heterocycles. The third kappa shape index (κ3) is 4.08. The van der Waals surface area contributed by atoms with Gasteiger partial charge in [0.2, 0.25) is 0 Å². The first kappa shape index (κ1) is 15.2. The molecule has 0 saturated heterocycles. The van der Waals surface area contributed by atoms with Gasteiger partial charge < -0.3 is 10.6 Å². The van der Waals surface area contributed by atoms with Crippen LogP contribution in [0.15, 0.2) is 12.3 Å². The molecule has 1 rings (SSSR count). The number of amides is 1. The van der Waals surface area contributed by atoms with Gasteiger partial charge >= 0.3 is 6.18 Å². The van der Waals surface area contributed by atoms with Crippen LogP contribution in [0, 0.1) is 5.82 Å². The Bertz CT molecular complexity index is 473. The molecule has 4 nitrogen and oxygen atoms in total. The number of hydrogen-bond acceptors (Lipinski definition) is 3. The maximum Gasteiger partial charge on any atom is 0.406 e. The molecule has 0 spiro atoms. The maximum absolute atomic E-state index is 13.0. The maximum atomic E-state index is 13.0. The van der Waals surface area contributed by atoms with Crippen molar-refractivity contribution in [2.75, 3.05) is 12.3 Å². The first-order chi connectivity index (χ1) is 8.61. The molecule has 106 valence electrons. The van der Waals surface area contributed by atoms with Crippen LogP contribution in [-0.4, -0.2) is 34.6 Å². The largest absolute Gasteiger partial charge is 0.406 e. The van der Waals surface area contributed by atoms with Crippen molar-refractivity contribution in [3.63, 3.8) is 0 Å². The van der Waals surface area contributed by atoms with E-state index in [1.807, 2.05) is 0 Å². The van der Waals surface area contributed by atoms with Gasteiger partial charge in [0.1, 0.15) is 18.2 Å². The van der Waals surface area contributed by atoms with E-state index in [-0.39, 0.29) is 11.4 Å². The van der Waals surface area contributed by atoms with Gasteiger partial charge in [0.25, 0.3) is 5.91 Å². The zero-order valence-electron chi connectivity index (χ0n) is 10.3. The molecule has 8 heteroatoms. The van der Waals surface area contributed by atoms with Crippen molar-refractivity contribution in [3.05, 3.63) is 23.6 Å². The summed E-state index contributed by atoms with van der Waals surface area (Å²) >= 11 is 0. The SMILES string of the molecule is CC(C)N(CC(F)(F)F)C(=O)c1cc(F)cnc1N. The Balaban J connectivity index is 3.09. The van der Waals surface area contributed by atoms with E-state index in [1.165, 1.54) is 13.8 Å². The summed E-state index contributed by atoms with van der Waals surface area (Å²) in [5.74, 6) is -2.15. The number of alkyl halides is 3. The minimum Gasteiger partial charge on any atom is -0.383 e. The molecular weight excluding hydrogens is 266 g/mol. The number of nitrogens with two attached hydrogens (primary N) is 1. The third-order valence-electron chi connectivity index (χ3n) is 2.35. The summed E-state index contributed by atoms with van der Waals surface area (Å²) in [6.07, 6.45) is -3.76. The lowest BCUT2D eigenvalue weighted by molar-refractivity contribution is -0.143. The zero-order valence-corrected chi connectivity index (χ0v) is 10.3. The van der Waals surface area contributed by atoms with E-state index in [0.29, 0.717) is 4.90 Å². The van der Waals surface area contributed by atoms with Crippen molar-refractivity contribution in [2.24, 2.45) is 0 Å². The standard InChI is InChI=1S/C11H13F4N3O/c1-6(2)18(5-11(13,14)15)10(19)8-3-7(12)4-17-9(8)16/h3-4,6H,5H2,1-2H3,(H2,16,17). The number of aromatic nitrogens is 1. The molecule has 19 heavy (non-hydrogen) atoms. The van der Waals surface area contributed by atoms with Crippen molar-refractivity contribution in [1.82, 2.24) is 9.88 Å². The molecule has 0 aliphatic heterocycles. The second-order valence-electron chi connectivity index (χ2n) is 4.23. The quantitative estimate of drug-likeness (QED) is 0.863. The Kier molecular flexibility index (Phi) is 4.33. The fourth-order valence-corrected chi connectivity index (χ4v) is 1.46. The highest BCUT2D eigenvalue weighted by Gasteiger charge is 2.35. The minimum absolute atomic E-state index is 0.306. The van der Waals surface area contributed by atoms with Gasteiger partial charge in [0.05, 0.1) is 11.8 Å². The molecule has 1 heterocycles. The summed E-state index contributed by atoms with van der Waals surface area (Å²) in [5, 5.41) is 0. The second kappa shape index (κ2) is 5.41. The number of carbonyl (C=O) groups excluding carboxylic acids is 1. The van der Waals surface area contributed by atoms with E-state index in [0.717, 1.165) is 12.3 Å². The average molecular weight is 279 g/mol. The zero-order chi connectivity index (χ0) is 14.8. The summed E-state index contributed by atoms with van der Waals surface area (Å²) in [5.41, 5.74) is 5.01. The topological polar surface area (TPSA) is 59.2 Å². The van der Waals surface area contributed by atoms with E-state index >= 15 is 0 Å². The third-order valence-corrected chi connectivity index (χ3v) is 2.35. The highest BCUT2D eigenvalue weighted by atomic mass is 19.4. The van der Waals surface area contributed by atoms with Crippen LogP contribution in [-0.2, 0) is 0 Å². The van der Waals surface area contributed by atoms with E-state index in [2.05, 4.69) is 4.98 Å². The molecule has 0 unspecified atom stereocenters. The number of nitrogen functional groups attached to an aromatic ring is 1. The molecule has 0 aromatic carbocycles. The molecule has 0 saturated carbocycles. The molecule has 0 aliphatic rings. The Morgan fingerprint density at radius 1 is 1.47 bits per heavy atom. The van der Waals surface area contributed by atoms with Gasteiger partial charge in [0, 0.05) is 6.04 Å². The monoisotopic (exact) mass is 279 g/mol. The van der Waals surface area contributed by atoms with Crippen LogP contribution in [0.4, 0.5) is 23.4 Å². The molecule has 0 radical (unpaired) electrons. The van der Waals surface area contributed by atoms with E-state index in [9.17, 15) is 22.4 Å². The summed E-state index contributed by atoms with van der Waals surface area (Å²) in [7, 11) is 0. The molecule has 2 N–H and O–H groups in total. The first-order valence-electron chi connectivity index (χ1n) is 5.40. The molecular formula is C11H13F4N3O. The van der Waals surface area contributed by atoms with Crippen LogP contribution in [0.25, 0.3) is 0 Å². The van der Waals surface area contributed by atoms with Crippen molar-refractivity contribution in [1.29, 1.82) is 0 Å². The number of hydrogen-bond donors (Lipinski definition) is 1. The molecule has 0 atom stereocenters. The first-order valence-corrected chi connectivity index (χ1v) is 5.40. The highest BCUT2D eigenvalue weighted by molar-refractivity contribution is 5.98. The molecule has 1 amide bonds. The number of nitrogens with zero attached hydrogens (tertiary/aromatic N) is 2. The lowest BCUT2D eigenvalue weighted by atomic mass is 10.2. The fourth-order valence-electron chi connectivity index (χ4n) is 1.46. The average Bonchev–Trinajstić information content (AvgIpc) is 2.27. The van der Waals surface area contributed by atoms with Crippen molar-refractivity contribution >= 4 is 11.7 Å². The normalized spacial score (nSPS) is 11.7. The van der Waals surface area contributed by atoms with Gasteiger partial charge in [0.15, 0.2) is 0 Å². The molecule has 1 aromatic rings. The van der Waals surface area contributed by atoms with Crippen LogP contribution < -0.4 is 5.73 Å². The minimum atomic E-state index is -4.55. The summed E-state index contributed by atoms with van der Waals surface area (Å²) in [4.78, 5) is 16.0. The van der Waals surface area contributed by atoms with Crippen LogP contribution in [0.5, 0.6) is 0 Å². The number of pyridine rings is 1. The van der Waals surface area contributed by atoms with Crippen LogP contribution in [0.3, 0.4) is 0 Å². The van der Waals surface area contributed by atoms with Crippen molar-refractivity contribution < 1.29 is 22.4 Å². The van der Waals surface area contributed by atoms with E-state index in [4.69, 9.17) is 5.73 Å². The van der Waals surface area contributed by atoms with Crippen LogP contribution in [0.1, 0.15) is 24.2 Å². The predicted octanol–water partition coefficient (Wildman–Crippen LogP) is 2.22. The van der Waals surface area contributed by atoms with Gasteiger partial charge in [-0.15, -0.1) is 0 Å². The molecule has 0 aliphatic carbocycles. The number of rotatable bonds is 3. The smallest absolute Gasteiger partial charge is 0.383 e. The molecule has 0 bridgehead atoms. The lowest BCUT2D eigenvalue weighted by Crippen LogP contribution is -2.43. The molecule has 0 fully saturated rings. The van der Waals surface area contributed by atoms with Gasteiger partial charge in [-0.05, 0) is 19.9 Å². The number of anilines is 1. The van der Waals surface area contributed by atoms with Gasteiger partial charge in [-0.25, -0.2) is 9.37 Å². The Morgan fingerprint density at radius 2 is 2.05 bits per heavy atom. The van der Waals surface area contributed by atoms with Crippen LogP contribution >= 0.6 is 0 Å². The Labute approximate surface area is 107 Å². The fraction of sp³-hybridized carbons (Fsp3) is 0.455. The highest BCUT2D eigenvalue weighted by Crippen LogP contribution is 2.21. The summed E-state index contributed by atoms with van der Waals surface area (Å²) in [6, 6.07) is 0.0629. The Hall–Kier alpha value is -1.86. The second-order valence-corrected chi connectivity index (χ2v) is 4.23. The van der Waals surface area contributed by atoms with E-state index in [1.54, 1.807) is 0 Å². The summed E-state index contributed by atoms with van der Waals surface area (Å²) in [6.45, 7) is 1.42. The van der Waals surface area contributed by atoms with Gasteiger partial charge in [-0.1, -0.05) is 0 Å². The van der Waals surface area contributed by atoms with Crippen molar-refractivity contribution in [3.8, 4) is 0 Å². The lowest BCUT2D eigenvalue weighted by Gasteiger charge is -2.28. The van der Waals surface area contributed by atoms with Gasteiger partial charge in [-0.3, -0.25) is 4.79 Å². The van der Waals surface area contributed by atoms with E-state index < -0.39 is 30.5 Å². The number of carbonyl (C=O) groups is 1. The number of halogens is 4. The summed E-state index contributed by atoms with van der Waals surface area (Å²) < 4.78 is 50.2. The van der Waals surface area contributed by atoms with Gasteiger partial charge in [-0.2, -0.15) is 13.2 Å². The Morgan fingerprint density at radius 3 is 2.53 bits per heavy atom. The van der Waals surface area contributed by atoms with Crippen molar-refractivity contribution in [2.45, 2.75) is 26.1 Å². The predicted molar refractivity (Wildman–Crippen MR) is 60.8 cm³/mol.